The lowest BCUT2D eigenvalue weighted by atomic mass is 9.94. The average Bonchev–Trinajstić information content (AvgIpc) is 3.27. The quantitative estimate of drug-likeness (QED) is 0.326. The van der Waals surface area contributed by atoms with Gasteiger partial charge in [-0.05, 0) is 47.5 Å². The molecule has 4 aromatic carbocycles. The maximum atomic E-state index is 10.8. The first-order valence-corrected chi connectivity index (χ1v) is 13.3. The number of phenols is 2. The number of rotatable bonds is 6. The van der Waals surface area contributed by atoms with Crippen LogP contribution in [-0.4, -0.2) is 72.7 Å². The van der Waals surface area contributed by atoms with Gasteiger partial charge in [0, 0.05) is 30.7 Å². The number of fused-ring (bicyclic) bond motifs is 3. The van der Waals surface area contributed by atoms with E-state index < -0.39 is 23.7 Å². The number of phenolic OH excluding ortho intramolecular Hbond substituents is 2. The van der Waals surface area contributed by atoms with Gasteiger partial charge in [0.15, 0.2) is 5.79 Å². The van der Waals surface area contributed by atoms with E-state index in [0.29, 0.717) is 11.1 Å². The summed E-state index contributed by atoms with van der Waals surface area (Å²) in [7, 11) is 1.59. The van der Waals surface area contributed by atoms with Crippen LogP contribution < -0.4 is 0 Å². The second-order valence-electron chi connectivity index (χ2n) is 10.6. The van der Waals surface area contributed by atoms with E-state index in [1.807, 2.05) is 74.5 Å². The molecule has 206 valence electrons. The number of nitrogens with zero attached hydrogens (tertiary/aromatic N) is 2. The van der Waals surface area contributed by atoms with Crippen LogP contribution in [0.4, 0.5) is 0 Å². The molecular weight excluding hydrogens is 508 g/mol. The standard InChI is InChI=1S/C32H32N2O6/c1-31(2)39-28-18-38-32(30(37-3)29(28)40-31,34-17-25-23-11-7-5-9-21(23)13-15-27(25)36)19-33-16-24-22-10-6-4-8-20(22)12-14-26(24)35/h4-17,28-30,35-36H,18-19H2,1-3H3/b33-16?,34-17+/t28-,29?,30?,32?/m0/s1. The molecule has 8 heteroatoms. The maximum absolute atomic E-state index is 10.8. The van der Waals surface area contributed by atoms with Crippen LogP contribution in [-0.2, 0) is 18.9 Å². The zero-order valence-corrected chi connectivity index (χ0v) is 22.7. The van der Waals surface area contributed by atoms with E-state index in [4.69, 9.17) is 28.9 Å². The van der Waals surface area contributed by atoms with E-state index in [2.05, 4.69) is 0 Å². The van der Waals surface area contributed by atoms with Gasteiger partial charge in [0.05, 0.1) is 13.2 Å². The minimum Gasteiger partial charge on any atom is -0.507 e. The van der Waals surface area contributed by atoms with Crippen LogP contribution in [0.25, 0.3) is 21.5 Å². The van der Waals surface area contributed by atoms with Crippen molar-refractivity contribution in [3.05, 3.63) is 83.9 Å². The second-order valence-corrected chi connectivity index (χ2v) is 10.6. The van der Waals surface area contributed by atoms with Crippen molar-refractivity contribution >= 4 is 34.0 Å². The Kier molecular flexibility index (Phi) is 6.80. The largest absolute Gasteiger partial charge is 0.507 e. The van der Waals surface area contributed by atoms with Crippen LogP contribution in [0.5, 0.6) is 11.5 Å². The first kappa shape index (κ1) is 26.4. The number of benzene rings is 4. The third kappa shape index (κ3) is 4.73. The fourth-order valence-corrected chi connectivity index (χ4v) is 5.70. The molecule has 2 aliphatic heterocycles. The van der Waals surface area contributed by atoms with Crippen molar-refractivity contribution in [2.24, 2.45) is 9.98 Å². The van der Waals surface area contributed by atoms with Crippen LogP contribution in [0.2, 0.25) is 0 Å². The topological polar surface area (TPSA) is 102 Å². The number of aliphatic imine (C=N–C) groups is 2. The van der Waals surface area contributed by atoms with Crippen molar-refractivity contribution in [3.8, 4) is 11.5 Å². The molecule has 2 aliphatic rings. The summed E-state index contributed by atoms with van der Waals surface area (Å²) in [5, 5.41) is 25.1. The lowest BCUT2D eigenvalue weighted by Crippen LogP contribution is -2.61. The summed E-state index contributed by atoms with van der Waals surface area (Å²) in [5.41, 5.74) is -0.120. The first-order valence-electron chi connectivity index (χ1n) is 13.3. The van der Waals surface area contributed by atoms with E-state index in [9.17, 15) is 10.2 Å². The number of methoxy groups -OCH3 is 1. The van der Waals surface area contributed by atoms with Gasteiger partial charge in [-0.1, -0.05) is 60.7 Å². The second kappa shape index (κ2) is 10.3. The van der Waals surface area contributed by atoms with E-state index >= 15 is 0 Å². The SMILES string of the molecule is COC1C2OC(C)(C)O[C@H]2COC1(CN=Cc1c(O)ccc2ccccc12)/N=C/c1c(O)ccc2ccccc12. The van der Waals surface area contributed by atoms with Crippen molar-refractivity contribution in [2.45, 2.75) is 43.7 Å². The van der Waals surface area contributed by atoms with E-state index in [1.165, 1.54) is 0 Å². The molecule has 0 radical (unpaired) electrons. The molecule has 0 amide bonds. The smallest absolute Gasteiger partial charge is 0.207 e. The highest BCUT2D eigenvalue weighted by Gasteiger charge is 2.58. The molecule has 3 unspecified atom stereocenters. The third-order valence-electron chi connectivity index (χ3n) is 7.56. The molecule has 8 nitrogen and oxygen atoms in total. The number of hydrogen-bond donors (Lipinski definition) is 2. The Morgan fingerprint density at radius 1 is 0.850 bits per heavy atom. The predicted molar refractivity (Wildman–Crippen MR) is 155 cm³/mol. The van der Waals surface area contributed by atoms with Gasteiger partial charge in [-0.3, -0.25) is 9.98 Å². The molecular formula is C32H32N2O6. The zero-order chi connectivity index (χ0) is 27.9. The van der Waals surface area contributed by atoms with Crippen molar-refractivity contribution in [2.75, 3.05) is 20.3 Å². The fourth-order valence-electron chi connectivity index (χ4n) is 5.70. The number of aromatic hydroxyl groups is 2. The van der Waals surface area contributed by atoms with Gasteiger partial charge in [-0.25, -0.2) is 0 Å². The molecule has 6 rings (SSSR count). The molecule has 4 aromatic rings. The third-order valence-corrected chi connectivity index (χ3v) is 7.56. The highest BCUT2D eigenvalue weighted by atomic mass is 16.8. The molecule has 0 aliphatic carbocycles. The Labute approximate surface area is 232 Å². The van der Waals surface area contributed by atoms with Crippen LogP contribution in [0.3, 0.4) is 0 Å². The minimum absolute atomic E-state index is 0.0726. The van der Waals surface area contributed by atoms with E-state index in [-0.39, 0.29) is 30.8 Å². The zero-order valence-electron chi connectivity index (χ0n) is 22.7. The van der Waals surface area contributed by atoms with Crippen molar-refractivity contribution in [1.29, 1.82) is 0 Å². The van der Waals surface area contributed by atoms with Gasteiger partial charge in [0.1, 0.15) is 29.8 Å². The van der Waals surface area contributed by atoms with Crippen LogP contribution in [0, 0.1) is 0 Å². The Balaban J connectivity index is 1.42. The van der Waals surface area contributed by atoms with Gasteiger partial charge in [0.2, 0.25) is 5.72 Å². The summed E-state index contributed by atoms with van der Waals surface area (Å²) < 4.78 is 24.7. The van der Waals surface area contributed by atoms with Gasteiger partial charge < -0.3 is 29.2 Å². The molecule has 2 saturated heterocycles. The molecule has 40 heavy (non-hydrogen) atoms. The van der Waals surface area contributed by atoms with Gasteiger partial charge >= 0.3 is 0 Å². The van der Waals surface area contributed by atoms with Crippen molar-refractivity contribution in [1.82, 2.24) is 0 Å². The predicted octanol–water partition coefficient (Wildman–Crippen LogP) is 5.20. The highest BCUT2D eigenvalue weighted by molar-refractivity contribution is 6.03. The summed E-state index contributed by atoms with van der Waals surface area (Å²) in [4.78, 5) is 9.66. The van der Waals surface area contributed by atoms with E-state index in [1.54, 1.807) is 31.7 Å². The van der Waals surface area contributed by atoms with Crippen LogP contribution >= 0.6 is 0 Å². The molecule has 0 bridgehead atoms. The molecule has 2 fully saturated rings. The molecule has 0 saturated carbocycles. The average molecular weight is 541 g/mol. The monoisotopic (exact) mass is 540 g/mol. The molecule has 2 heterocycles. The van der Waals surface area contributed by atoms with Gasteiger partial charge in [-0.15, -0.1) is 0 Å². The van der Waals surface area contributed by atoms with E-state index in [0.717, 1.165) is 21.5 Å². The maximum Gasteiger partial charge on any atom is 0.207 e. The molecule has 4 atom stereocenters. The molecule has 2 N–H and O–H groups in total. The number of ether oxygens (including phenoxy) is 4. The minimum atomic E-state index is -1.29. The molecule has 0 aromatic heterocycles. The van der Waals surface area contributed by atoms with Crippen LogP contribution in [0.1, 0.15) is 25.0 Å². The summed E-state index contributed by atoms with van der Waals surface area (Å²) in [6.07, 6.45) is 1.81. The summed E-state index contributed by atoms with van der Waals surface area (Å²) in [6.45, 7) is 4.02. The molecule has 0 spiro atoms. The Bertz CT molecular complexity index is 1620. The summed E-state index contributed by atoms with van der Waals surface area (Å²) in [5.74, 6) is -0.574. The Hall–Kier alpha value is -3.82. The van der Waals surface area contributed by atoms with Crippen molar-refractivity contribution in [3.63, 3.8) is 0 Å². The number of hydrogen-bond acceptors (Lipinski definition) is 8. The van der Waals surface area contributed by atoms with Crippen molar-refractivity contribution < 1.29 is 29.2 Å². The highest BCUT2D eigenvalue weighted by Crippen LogP contribution is 2.41. The van der Waals surface area contributed by atoms with Gasteiger partial charge in [-0.2, -0.15) is 0 Å². The normalized spacial score (nSPS) is 26.2. The first-order chi connectivity index (χ1) is 19.3. The Morgan fingerprint density at radius 2 is 1.45 bits per heavy atom. The summed E-state index contributed by atoms with van der Waals surface area (Å²) in [6, 6.07) is 22.6. The Morgan fingerprint density at radius 3 is 2.08 bits per heavy atom. The lowest BCUT2D eigenvalue weighted by molar-refractivity contribution is -0.211. The summed E-state index contributed by atoms with van der Waals surface area (Å²) >= 11 is 0. The lowest BCUT2D eigenvalue weighted by Gasteiger charge is -2.43. The van der Waals surface area contributed by atoms with Crippen LogP contribution in [0.15, 0.2) is 82.8 Å². The fraction of sp³-hybridized carbons (Fsp3) is 0.312. The van der Waals surface area contributed by atoms with Gasteiger partial charge in [0.25, 0.3) is 0 Å².